The van der Waals surface area contributed by atoms with Crippen molar-refractivity contribution in [3.05, 3.63) is 16.6 Å². The van der Waals surface area contributed by atoms with Crippen molar-refractivity contribution in [1.82, 2.24) is 10.3 Å². The summed E-state index contributed by atoms with van der Waals surface area (Å²) in [6.45, 7) is 2.39. The Bertz CT molecular complexity index is 317. The lowest BCUT2D eigenvalue weighted by Crippen LogP contribution is -2.38. The molecule has 1 saturated heterocycles. The van der Waals surface area contributed by atoms with E-state index in [4.69, 9.17) is 0 Å². The van der Waals surface area contributed by atoms with Gasteiger partial charge in [-0.15, -0.1) is 11.3 Å². The van der Waals surface area contributed by atoms with Crippen LogP contribution in [0.5, 0.6) is 0 Å². The lowest BCUT2D eigenvalue weighted by molar-refractivity contribution is 0.228. The summed E-state index contributed by atoms with van der Waals surface area (Å²) < 4.78 is 0. The van der Waals surface area contributed by atoms with Gasteiger partial charge in [0.05, 0.1) is 11.2 Å². The van der Waals surface area contributed by atoms with Crippen molar-refractivity contribution < 1.29 is 0 Å². The van der Waals surface area contributed by atoms with Crippen LogP contribution in [0, 0.1) is 11.8 Å². The molecule has 88 valence electrons. The van der Waals surface area contributed by atoms with E-state index in [1.54, 1.807) is 11.3 Å². The second kappa shape index (κ2) is 4.84. The third kappa shape index (κ3) is 2.03. The van der Waals surface area contributed by atoms with E-state index in [-0.39, 0.29) is 0 Å². The molecule has 1 aromatic rings. The molecule has 3 heteroatoms. The van der Waals surface area contributed by atoms with Crippen LogP contribution in [-0.2, 0) is 0 Å². The fourth-order valence-electron chi connectivity index (χ4n) is 3.54. The van der Waals surface area contributed by atoms with Crippen molar-refractivity contribution in [1.29, 1.82) is 0 Å². The number of hydrogen-bond acceptors (Lipinski definition) is 3. The number of thiazole rings is 1. The van der Waals surface area contributed by atoms with Crippen molar-refractivity contribution in [2.45, 2.75) is 38.0 Å². The van der Waals surface area contributed by atoms with Crippen molar-refractivity contribution in [2.24, 2.45) is 11.8 Å². The first-order valence-corrected chi connectivity index (χ1v) is 7.48. The molecular weight excluding hydrogens is 216 g/mol. The highest BCUT2D eigenvalue weighted by molar-refractivity contribution is 7.07. The van der Waals surface area contributed by atoms with Gasteiger partial charge in [0.15, 0.2) is 0 Å². The lowest BCUT2D eigenvalue weighted by atomic mass is 9.75. The van der Waals surface area contributed by atoms with Crippen LogP contribution in [0.3, 0.4) is 0 Å². The van der Waals surface area contributed by atoms with Crippen LogP contribution < -0.4 is 5.32 Å². The average Bonchev–Trinajstić information content (AvgIpc) is 3.03. The first-order valence-electron chi connectivity index (χ1n) is 6.54. The molecule has 2 heterocycles. The maximum absolute atomic E-state index is 4.55. The van der Waals surface area contributed by atoms with E-state index < -0.39 is 0 Å². The maximum Gasteiger partial charge on any atom is 0.0794 e. The minimum Gasteiger partial charge on any atom is -0.316 e. The molecule has 1 aromatic heterocycles. The fraction of sp³-hybridized carbons (Fsp3) is 0.769. The Kier molecular flexibility index (Phi) is 3.25. The standard InChI is InChI=1S/C13H20N2S/c1-2-4-10(3-1)12-7-14-6-5-11(12)13-8-16-9-15-13/h8-12,14H,1-7H2. The molecule has 1 aliphatic carbocycles. The topological polar surface area (TPSA) is 24.9 Å². The largest absolute Gasteiger partial charge is 0.316 e. The van der Waals surface area contributed by atoms with Crippen molar-refractivity contribution in [3.8, 4) is 0 Å². The van der Waals surface area contributed by atoms with Crippen LogP contribution in [0.25, 0.3) is 0 Å². The van der Waals surface area contributed by atoms with Crippen LogP contribution in [0.15, 0.2) is 10.9 Å². The van der Waals surface area contributed by atoms with Crippen molar-refractivity contribution in [3.63, 3.8) is 0 Å². The highest BCUT2D eigenvalue weighted by atomic mass is 32.1. The summed E-state index contributed by atoms with van der Waals surface area (Å²) in [5, 5.41) is 5.84. The number of piperidine rings is 1. The van der Waals surface area contributed by atoms with Crippen LogP contribution in [-0.4, -0.2) is 18.1 Å². The normalized spacial score (nSPS) is 32.0. The first-order chi connectivity index (χ1) is 7.95. The van der Waals surface area contributed by atoms with Gasteiger partial charge >= 0.3 is 0 Å². The highest BCUT2D eigenvalue weighted by Crippen LogP contribution is 2.41. The third-order valence-corrected chi connectivity index (χ3v) is 4.97. The van der Waals surface area contributed by atoms with E-state index in [0.717, 1.165) is 17.8 Å². The van der Waals surface area contributed by atoms with Crippen molar-refractivity contribution in [2.75, 3.05) is 13.1 Å². The van der Waals surface area contributed by atoms with Gasteiger partial charge in [-0.3, -0.25) is 0 Å². The summed E-state index contributed by atoms with van der Waals surface area (Å²) in [6, 6.07) is 0. The van der Waals surface area contributed by atoms with Gasteiger partial charge in [0.2, 0.25) is 0 Å². The maximum atomic E-state index is 4.55. The predicted octanol–water partition coefficient (Wildman–Crippen LogP) is 3.03. The van der Waals surface area contributed by atoms with Crippen LogP contribution in [0.1, 0.15) is 43.7 Å². The second-order valence-electron chi connectivity index (χ2n) is 5.22. The van der Waals surface area contributed by atoms with Crippen LogP contribution >= 0.6 is 11.3 Å². The van der Waals surface area contributed by atoms with Gasteiger partial charge in [-0.25, -0.2) is 4.98 Å². The predicted molar refractivity (Wildman–Crippen MR) is 67.8 cm³/mol. The molecule has 0 amide bonds. The van der Waals surface area contributed by atoms with Gasteiger partial charge in [0.25, 0.3) is 0 Å². The molecule has 2 unspecified atom stereocenters. The van der Waals surface area contributed by atoms with E-state index in [9.17, 15) is 0 Å². The fourth-order valence-corrected chi connectivity index (χ4v) is 4.15. The van der Waals surface area contributed by atoms with Crippen LogP contribution in [0.2, 0.25) is 0 Å². The molecule has 1 N–H and O–H groups in total. The molecule has 0 aromatic carbocycles. The van der Waals surface area contributed by atoms with Gasteiger partial charge in [-0.2, -0.15) is 0 Å². The Morgan fingerprint density at radius 3 is 2.88 bits per heavy atom. The quantitative estimate of drug-likeness (QED) is 0.854. The molecule has 0 bridgehead atoms. The number of nitrogens with one attached hydrogen (secondary N) is 1. The minimum absolute atomic E-state index is 0.732. The second-order valence-corrected chi connectivity index (χ2v) is 5.94. The van der Waals surface area contributed by atoms with E-state index in [1.807, 2.05) is 5.51 Å². The Morgan fingerprint density at radius 2 is 2.12 bits per heavy atom. The summed E-state index contributed by atoms with van der Waals surface area (Å²) in [5.74, 6) is 2.54. The monoisotopic (exact) mass is 236 g/mol. The van der Waals surface area contributed by atoms with Crippen molar-refractivity contribution >= 4 is 11.3 Å². The molecule has 2 atom stereocenters. The van der Waals surface area contributed by atoms with Gasteiger partial charge in [0, 0.05) is 11.3 Å². The molecule has 16 heavy (non-hydrogen) atoms. The summed E-state index contributed by atoms with van der Waals surface area (Å²) in [5.41, 5.74) is 3.35. The number of rotatable bonds is 2. The van der Waals surface area contributed by atoms with Gasteiger partial charge in [0.1, 0.15) is 0 Å². The zero-order valence-electron chi connectivity index (χ0n) is 9.69. The zero-order chi connectivity index (χ0) is 10.8. The molecular formula is C13H20N2S. The molecule has 0 radical (unpaired) electrons. The Morgan fingerprint density at radius 1 is 1.25 bits per heavy atom. The molecule has 0 spiro atoms. The SMILES string of the molecule is c1nc(C2CCNCC2C2CCCC2)cs1. The summed E-state index contributed by atoms with van der Waals surface area (Å²) in [7, 11) is 0. The van der Waals surface area contributed by atoms with Gasteiger partial charge in [-0.1, -0.05) is 25.7 Å². The van der Waals surface area contributed by atoms with Crippen LogP contribution in [0.4, 0.5) is 0 Å². The van der Waals surface area contributed by atoms with E-state index in [2.05, 4.69) is 15.7 Å². The van der Waals surface area contributed by atoms with Gasteiger partial charge in [-0.05, 0) is 31.3 Å². The summed E-state index contributed by atoms with van der Waals surface area (Å²) in [4.78, 5) is 4.55. The number of aromatic nitrogens is 1. The third-order valence-electron chi connectivity index (χ3n) is 4.37. The Labute approximate surface area is 101 Å². The van der Waals surface area contributed by atoms with E-state index >= 15 is 0 Å². The zero-order valence-corrected chi connectivity index (χ0v) is 10.5. The van der Waals surface area contributed by atoms with E-state index in [0.29, 0.717) is 0 Å². The summed E-state index contributed by atoms with van der Waals surface area (Å²) >= 11 is 1.75. The highest BCUT2D eigenvalue weighted by Gasteiger charge is 2.34. The van der Waals surface area contributed by atoms with E-state index in [1.165, 1.54) is 50.9 Å². The first kappa shape index (κ1) is 10.7. The minimum atomic E-state index is 0.732. The molecule has 2 aliphatic rings. The Hall–Kier alpha value is -0.410. The number of hydrogen-bond donors (Lipinski definition) is 1. The summed E-state index contributed by atoms with van der Waals surface area (Å²) in [6.07, 6.45) is 7.08. The molecule has 2 fully saturated rings. The Balaban J connectivity index is 1.78. The lowest BCUT2D eigenvalue weighted by Gasteiger charge is -2.35. The average molecular weight is 236 g/mol. The number of nitrogens with zero attached hydrogens (tertiary/aromatic N) is 1. The molecule has 1 saturated carbocycles. The van der Waals surface area contributed by atoms with Gasteiger partial charge < -0.3 is 5.32 Å². The molecule has 3 rings (SSSR count). The molecule has 2 nitrogen and oxygen atoms in total. The smallest absolute Gasteiger partial charge is 0.0794 e. The molecule has 1 aliphatic heterocycles.